The maximum atomic E-state index is 14.1. The maximum absolute atomic E-state index is 14.1. The molecule has 0 aliphatic carbocycles. The number of nitrogens with one attached hydrogen (secondary N) is 1. The molecule has 41 heavy (non-hydrogen) atoms. The second-order valence-corrected chi connectivity index (χ2v) is 10.7. The minimum absolute atomic E-state index is 0.00347. The van der Waals surface area contributed by atoms with Crippen LogP contribution in [0.2, 0.25) is 0 Å². The number of methoxy groups -OCH3 is 1. The number of halogens is 4. The standard InChI is InChI=1S/C30H35F4NO6/c1-16(2)24(17(3)27(39-7)18-11-9-8-10-12-18)29(38)35-21(14-23(37)41-30(4,5)6)22(36)15-40-28-25(33)19(31)13-20(32)26(28)34/h8-13,16,21,24H,14-15H2,1-7H3,(H,35,38)/b27-17-/t21-,24+/m0/s1. The Labute approximate surface area is 236 Å². The molecule has 2 rings (SSSR count). The minimum atomic E-state index is -1.84. The average molecular weight is 582 g/mol. The summed E-state index contributed by atoms with van der Waals surface area (Å²) in [5.41, 5.74) is 0.344. The van der Waals surface area contributed by atoms with Crippen LogP contribution in [0.15, 0.2) is 42.0 Å². The van der Waals surface area contributed by atoms with E-state index in [1.807, 2.05) is 6.07 Å². The molecular weight excluding hydrogens is 546 g/mol. The summed E-state index contributed by atoms with van der Waals surface area (Å²) in [7, 11) is 1.46. The molecular formula is C30H35F4NO6. The second-order valence-electron chi connectivity index (χ2n) is 10.7. The fourth-order valence-corrected chi connectivity index (χ4v) is 4.22. The van der Waals surface area contributed by atoms with Crippen LogP contribution in [0.1, 0.15) is 53.5 Å². The molecule has 2 aromatic carbocycles. The van der Waals surface area contributed by atoms with Crippen LogP contribution < -0.4 is 10.1 Å². The van der Waals surface area contributed by atoms with Gasteiger partial charge in [-0.2, -0.15) is 8.78 Å². The predicted octanol–water partition coefficient (Wildman–Crippen LogP) is 5.76. The van der Waals surface area contributed by atoms with Crippen molar-refractivity contribution < 1.29 is 46.2 Å². The number of benzene rings is 2. The van der Waals surface area contributed by atoms with Crippen LogP contribution in [0.5, 0.6) is 5.75 Å². The van der Waals surface area contributed by atoms with Gasteiger partial charge in [-0.1, -0.05) is 44.2 Å². The Bertz CT molecular complexity index is 1260. The molecule has 224 valence electrons. The van der Waals surface area contributed by atoms with Crippen molar-refractivity contribution in [3.8, 4) is 5.75 Å². The highest BCUT2D eigenvalue weighted by Gasteiger charge is 2.33. The Morgan fingerprint density at radius 2 is 1.51 bits per heavy atom. The fourth-order valence-electron chi connectivity index (χ4n) is 4.22. The average Bonchev–Trinajstić information content (AvgIpc) is 2.86. The van der Waals surface area contributed by atoms with Gasteiger partial charge in [-0.25, -0.2) is 8.78 Å². The van der Waals surface area contributed by atoms with Crippen molar-refractivity contribution >= 4 is 23.4 Å². The predicted molar refractivity (Wildman–Crippen MR) is 144 cm³/mol. The number of hydrogen-bond donors (Lipinski definition) is 1. The molecule has 0 aliphatic heterocycles. The molecule has 0 radical (unpaired) electrons. The van der Waals surface area contributed by atoms with Crippen LogP contribution in [-0.4, -0.2) is 43.0 Å². The van der Waals surface area contributed by atoms with Crippen molar-refractivity contribution in [1.29, 1.82) is 0 Å². The Balaban J connectivity index is 2.39. The third-order valence-corrected chi connectivity index (χ3v) is 5.94. The monoisotopic (exact) mass is 581 g/mol. The van der Waals surface area contributed by atoms with Crippen LogP contribution in [-0.2, 0) is 23.9 Å². The van der Waals surface area contributed by atoms with Crippen LogP contribution >= 0.6 is 0 Å². The van der Waals surface area contributed by atoms with Crippen molar-refractivity contribution in [2.45, 2.75) is 59.6 Å². The first-order valence-electron chi connectivity index (χ1n) is 12.9. The summed E-state index contributed by atoms with van der Waals surface area (Å²) in [4.78, 5) is 39.3. The normalized spacial score (nSPS) is 13.7. The number of rotatable bonds is 12. The molecule has 7 nitrogen and oxygen atoms in total. The highest BCUT2D eigenvalue weighted by molar-refractivity contribution is 5.94. The SMILES string of the molecule is CO/C(=C(/C)[C@H](C(=O)N[C@@H](CC(=O)OC(C)(C)C)C(=O)COc1c(F)c(F)cc(F)c1F)C(C)C)c1ccccc1. The Morgan fingerprint density at radius 1 is 0.951 bits per heavy atom. The van der Waals surface area contributed by atoms with Crippen LogP contribution in [0.25, 0.3) is 5.76 Å². The lowest BCUT2D eigenvalue weighted by molar-refractivity contribution is -0.156. The quantitative estimate of drug-likeness (QED) is 0.148. The molecule has 2 atom stereocenters. The van der Waals surface area contributed by atoms with Gasteiger partial charge in [0.2, 0.25) is 17.5 Å². The minimum Gasteiger partial charge on any atom is -0.496 e. The summed E-state index contributed by atoms with van der Waals surface area (Å²) in [5, 5.41) is 2.52. The zero-order valence-corrected chi connectivity index (χ0v) is 24.1. The lowest BCUT2D eigenvalue weighted by atomic mass is 9.86. The summed E-state index contributed by atoms with van der Waals surface area (Å²) < 4.78 is 70.9. The number of amides is 1. The number of carbonyl (C=O) groups excluding carboxylic acids is 3. The van der Waals surface area contributed by atoms with E-state index in [1.54, 1.807) is 65.8 Å². The topological polar surface area (TPSA) is 90.9 Å². The Hall–Kier alpha value is -3.89. The van der Waals surface area contributed by atoms with Crippen LogP contribution in [0.3, 0.4) is 0 Å². The molecule has 0 spiro atoms. The molecule has 0 saturated heterocycles. The molecule has 0 saturated carbocycles. The van der Waals surface area contributed by atoms with Gasteiger partial charge in [0.15, 0.2) is 23.2 Å². The van der Waals surface area contributed by atoms with Crippen molar-refractivity contribution in [3.05, 3.63) is 70.8 Å². The van der Waals surface area contributed by atoms with Crippen LogP contribution in [0, 0.1) is 35.1 Å². The van der Waals surface area contributed by atoms with E-state index in [1.165, 1.54) is 7.11 Å². The van der Waals surface area contributed by atoms with Gasteiger partial charge in [0.05, 0.1) is 19.4 Å². The fraction of sp³-hybridized carbons (Fsp3) is 0.433. The van der Waals surface area contributed by atoms with E-state index in [9.17, 15) is 31.9 Å². The van der Waals surface area contributed by atoms with Crippen molar-refractivity contribution in [2.75, 3.05) is 13.7 Å². The molecule has 0 aromatic heterocycles. The Morgan fingerprint density at radius 3 is 2.00 bits per heavy atom. The van der Waals surface area contributed by atoms with E-state index in [4.69, 9.17) is 14.2 Å². The molecule has 2 aromatic rings. The smallest absolute Gasteiger partial charge is 0.308 e. The second kappa shape index (κ2) is 14.1. The molecule has 1 N–H and O–H groups in total. The third kappa shape index (κ3) is 9.06. The van der Waals surface area contributed by atoms with E-state index in [0.717, 1.165) is 0 Å². The van der Waals surface area contributed by atoms with Gasteiger partial charge in [-0.3, -0.25) is 14.4 Å². The van der Waals surface area contributed by atoms with Gasteiger partial charge in [0, 0.05) is 11.6 Å². The molecule has 0 bridgehead atoms. The lowest BCUT2D eigenvalue weighted by Crippen LogP contribution is -2.48. The highest BCUT2D eigenvalue weighted by atomic mass is 19.2. The van der Waals surface area contributed by atoms with E-state index in [2.05, 4.69) is 5.32 Å². The van der Waals surface area contributed by atoms with Gasteiger partial charge < -0.3 is 19.5 Å². The molecule has 0 aliphatic rings. The molecule has 1 amide bonds. The number of Topliss-reactive ketones (excluding diaryl/α,β-unsaturated/α-hetero) is 1. The summed E-state index contributed by atoms with van der Waals surface area (Å²) >= 11 is 0. The van der Waals surface area contributed by atoms with E-state index in [-0.39, 0.29) is 12.0 Å². The van der Waals surface area contributed by atoms with E-state index in [0.29, 0.717) is 16.9 Å². The van der Waals surface area contributed by atoms with Crippen molar-refractivity contribution in [1.82, 2.24) is 5.32 Å². The summed E-state index contributed by atoms with van der Waals surface area (Å²) in [6, 6.07) is 7.48. The first-order chi connectivity index (χ1) is 19.1. The number of esters is 1. The first-order valence-corrected chi connectivity index (χ1v) is 12.9. The number of hydrogen-bond acceptors (Lipinski definition) is 6. The van der Waals surface area contributed by atoms with Crippen molar-refractivity contribution in [3.63, 3.8) is 0 Å². The first kappa shape index (κ1) is 33.3. The van der Waals surface area contributed by atoms with Gasteiger partial charge in [-0.05, 0) is 39.2 Å². The van der Waals surface area contributed by atoms with Crippen LogP contribution in [0.4, 0.5) is 17.6 Å². The molecule has 0 heterocycles. The summed E-state index contributed by atoms with van der Waals surface area (Å²) in [6.45, 7) is 8.96. The zero-order chi connectivity index (χ0) is 31.1. The summed E-state index contributed by atoms with van der Waals surface area (Å²) in [6.07, 6.45) is -0.642. The van der Waals surface area contributed by atoms with Crippen molar-refractivity contribution in [2.24, 2.45) is 11.8 Å². The van der Waals surface area contributed by atoms with Gasteiger partial charge >= 0.3 is 5.97 Å². The van der Waals surface area contributed by atoms with E-state index < -0.39 is 77.3 Å². The highest BCUT2D eigenvalue weighted by Crippen LogP contribution is 2.30. The zero-order valence-electron chi connectivity index (χ0n) is 24.1. The number of ketones is 1. The maximum Gasteiger partial charge on any atom is 0.308 e. The number of ether oxygens (including phenoxy) is 3. The Kier molecular flexibility index (Phi) is 11.5. The number of carbonyl (C=O) groups is 3. The third-order valence-electron chi connectivity index (χ3n) is 5.94. The van der Waals surface area contributed by atoms with Gasteiger partial charge in [0.25, 0.3) is 0 Å². The summed E-state index contributed by atoms with van der Waals surface area (Å²) in [5.74, 6) is -11.7. The van der Waals surface area contributed by atoms with Gasteiger partial charge in [0.1, 0.15) is 24.0 Å². The lowest BCUT2D eigenvalue weighted by Gasteiger charge is -2.27. The largest absolute Gasteiger partial charge is 0.496 e. The van der Waals surface area contributed by atoms with Gasteiger partial charge in [-0.15, -0.1) is 0 Å². The molecule has 0 unspecified atom stereocenters. The van der Waals surface area contributed by atoms with E-state index >= 15 is 0 Å². The molecule has 0 fully saturated rings. The molecule has 11 heteroatoms.